The molecule has 0 aliphatic heterocycles. The minimum absolute atomic E-state index is 0.954. The highest BCUT2D eigenvalue weighted by atomic mass is 32.1. The lowest BCUT2D eigenvalue weighted by molar-refractivity contribution is 0.492. The zero-order valence-corrected chi connectivity index (χ0v) is 9.21. The number of rotatable bonds is 4. The van der Waals surface area contributed by atoms with Crippen molar-refractivity contribution in [3.05, 3.63) is 0 Å². The van der Waals surface area contributed by atoms with Gasteiger partial charge in [0.2, 0.25) is 0 Å². The molecule has 0 amide bonds. The van der Waals surface area contributed by atoms with Gasteiger partial charge in [-0.2, -0.15) is 0 Å². The van der Waals surface area contributed by atoms with Gasteiger partial charge in [-0.05, 0) is 18.2 Å². The van der Waals surface area contributed by atoms with E-state index in [4.69, 9.17) is 0 Å². The SMILES string of the molecule is CC=S.CCCCC(C)CC. The van der Waals surface area contributed by atoms with Crippen LogP contribution in [0.1, 0.15) is 53.4 Å². The summed E-state index contributed by atoms with van der Waals surface area (Å²) < 4.78 is 0. The minimum Gasteiger partial charge on any atom is -0.0938 e. The lowest BCUT2D eigenvalue weighted by Crippen LogP contribution is -1.89. The predicted octanol–water partition coefficient (Wildman–Crippen LogP) is 4.23. The molecule has 11 heavy (non-hydrogen) atoms. The van der Waals surface area contributed by atoms with Gasteiger partial charge in [-0.15, -0.1) is 0 Å². The largest absolute Gasteiger partial charge is 0.0938 e. The normalized spacial score (nSPS) is 11.3. The maximum Gasteiger partial charge on any atom is -0.0242 e. The number of hydrogen-bond acceptors (Lipinski definition) is 1. The second-order valence-electron chi connectivity index (χ2n) is 2.89. The monoisotopic (exact) mass is 174 g/mol. The fourth-order valence-corrected chi connectivity index (χ4v) is 0.757. The van der Waals surface area contributed by atoms with Crippen LogP contribution in [0.3, 0.4) is 0 Å². The average Bonchev–Trinajstić information content (AvgIpc) is 2.02. The first-order valence-corrected chi connectivity index (χ1v) is 5.09. The Hall–Kier alpha value is 0.0900. The van der Waals surface area contributed by atoms with Gasteiger partial charge in [-0.1, -0.05) is 58.7 Å². The molecule has 0 aromatic rings. The van der Waals surface area contributed by atoms with Crippen molar-refractivity contribution in [2.45, 2.75) is 53.4 Å². The standard InChI is InChI=1S/C8H18.C2H4S/c1-4-6-7-8(3)5-2;1-2-3/h8H,4-7H2,1-3H3;2H,1H3. The van der Waals surface area contributed by atoms with Crippen molar-refractivity contribution < 1.29 is 0 Å². The topological polar surface area (TPSA) is 0 Å². The third-order valence-corrected chi connectivity index (χ3v) is 1.75. The molecule has 0 saturated carbocycles. The van der Waals surface area contributed by atoms with Crippen molar-refractivity contribution in [2.75, 3.05) is 0 Å². The molecule has 0 aromatic carbocycles. The molecule has 1 atom stereocenters. The highest BCUT2D eigenvalue weighted by Gasteiger charge is 1.94. The zero-order chi connectivity index (χ0) is 9.11. The first-order valence-electron chi connectivity index (χ1n) is 4.62. The molecule has 0 aliphatic rings. The molecule has 0 fully saturated rings. The lowest BCUT2D eigenvalue weighted by atomic mass is 10.0. The molecule has 0 N–H and O–H groups in total. The summed E-state index contributed by atoms with van der Waals surface area (Å²) in [4.78, 5) is 0. The van der Waals surface area contributed by atoms with Gasteiger partial charge in [-0.25, -0.2) is 0 Å². The van der Waals surface area contributed by atoms with Crippen LogP contribution in [0.5, 0.6) is 0 Å². The van der Waals surface area contributed by atoms with E-state index in [0.29, 0.717) is 0 Å². The van der Waals surface area contributed by atoms with Gasteiger partial charge in [0.25, 0.3) is 0 Å². The van der Waals surface area contributed by atoms with Crippen molar-refractivity contribution >= 4 is 17.6 Å². The van der Waals surface area contributed by atoms with E-state index in [0.717, 1.165) is 5.92 Å². The second-order valence-corrected chi connectivity index (χ2v) is 3.36. The summed E-state index contributed by atoms with van der Waals surface area (Å²) >= 11 is 4.27. The Morgan fingerprint density at radius 2 is 1.82 bits per heavy atom. The van der Waals surface area contributed by atoms with Crippen LogP contribution in [0.4, 0.5) is 0 Å². The number of hydrogen-bond donors (Lipinski definition) is 0. The Balaban J connectivity index is 0. The Bertz CT molecular complexity index is 69.3. The fraction of sp³-hybridized carbons (Fsp3) is 0.900. The van der Waals surface area contributed by atoms with Crippen LogP contribution in [0.15, 0.2) is 0 Å². The van der Waals surface area contributed by atoms with Gasteiger partial charge in [-0.3, -0.25) is 0 Å². The first-order chi connectivity index (χ1) is 5.22. The van der Waals surface area contributed by atoms with Crippen LogP contribution in [0.2, 0.25) is 0 Å². The van der Waals surface area contributed by atoms with Crippen molar-refractivity contribution in [3.8, 4) is 0 Å². The van der Waals surface area contributed by atoms with Crippen LogP contribution >= 0.6 is 12.2 Å². The second kappa shape index (κ2) is 12.7. The summed E-state index contributed by atoms with van der Waals surface area (Å²) in [5.41, 5.74) is 0. The summed E-state index contributed by atoms with van der Waals surface area (Å²) in [6.07, 6.45) is 5.53. The maximum atomic E-state index is 4.27. The van der Waals surface area contributed by atoms with E-state index >= 15 is 0 Å². The highest BCUT2D eigenvalue weighted by molar-refractivity contribution is 7.78. The van der Waals surface area contributed by atoms with Crippen LogP contribution in [0.25, 0.3) is 0 Å². The third kappa shape index (κ3) is 17.8. The van der Waals surface area contributed by atoms with E-state index in [1.54, 1.807) is 5.37 Å². The van der Waals surface area contributed by atoms with Gasteiger partial charge in [0.05, 0.1) is 0 Å². The minimum atomic E-state index is 0.954. The molecule has 0 spiro atoms. The molecular formula is C10H22S. The van der Waals surface area contributed by atoms with Gasteiger partial charge in [0.1, 0.15) is 0 Å². The molecule has 0 bridgehead atoms. The number of thiocarbonyl (C=S) groups is 1. The van der Waals surface area contributed by atoms with Gasteiger partial charge < -0.3 is 0 Å². The summed E-state index contributed by atoms with van der Waals surface area (Å²) in [6, 6.07) is 0. The molecule has 0 rings (SSSR count). The van der Waals surface area contributed by atoms with E-state index in [1.165, 1.54) is 25.7 Å². The average molecular weight is 174 g/mol. The summed E-state index contributed by atoms with van der Waals surface area (Å²) in [6.45, 7) is 8.66. The lowest BCUT2D eigenvalue weighted by Gasteiger charge is -2.04. The summed E-state index contributed by atoms with van der Waals surface area (Å²) in [7, 11) is 0. The molecular weight excluding hydrogens is 152 g/mol. The van der Waals surface area contributed by atoms with E-state index in [2.05, 4.69) is 33.0 Å². The van der Waals surface area contributed by atoms with Crippen LogP contribution in [0, 0.1) is 5.92 Å². The molecule has 0 aromatic heterocycles. The maximum absolute atomic E-state index is 4.27. The van der Waals surface area contributed by atoms with Crippen molar-refractivity contribution in [1.82, 2.24) is 0 Å². The Morgan fingerprint density at radius 1 is 1.36 bits per heavy atom. The van der Waals surface area contributed by atoms with Crippen LogP contribution in [-0.2, 0) is 0 Å². The van der Waals surface area contributed by atoms with Gasteiger partial charge in [0.15, 0.2) is 0 Å². The summed E-state index contributed by atoms with van der Waals surface area (Å²) in [5.74, 6) is 0.954. The van der Waals surface area contributed by atoms with Gasteiger partial charge >= 0.3 is 0 Å². The van der Waals surface area contributed by atoms with E-state index in [1.807, 2.05) is 6.92 Å². The third-order valence-electron chi connectivity index (χ3n) is 1.75. The van der Waals surface area contributed by atoms with Crippen LogP contribution < -0.4 is 0 Å². The van der Waals surface area contributed by atoms with E-state index < -0.39 is 0 Å². The van der Waals surface area contributed by atoms with E-state index in [-0.39, 0.29) is 0 Å². The fourth-order valence-electron chi connectivity index (χ4n) is 0.757. The van der Waals surface area contributed by atoms with Crippen molar-refractivity contribution in [3.63, 3.8) is 0 Å². The van der Waals surface area contributed by atoms with E-state index in [9.17, 15) is 0 Å². The summed E-state index contributed by atoms with van der Waals surface area (Å²) in [5, 5.41) is 1.58. The molecule has 0 radical (unpaired) electrons. The zero-order valence-electron chi connectivity index (χ0n) is 8.39. The molecule has 1 heteroatoms. The molecule has 0 aliphatic carbocycles. The van der Waals surface area contributed by atoms with Crippen LogP contribution in [-0.4, -0.2) is 5.37 Å². The molecule has 0 nitrogen and oxygen atoms in total. The molecule has 68 valence electrons. The Morgan fingerprint density at radius 3 is 2.09 bits per heavy atom. The highest BCUT2D eigenvalue weighted by Crippen LogP contribution is 2.09. The smallest absolute Gasteiger partial charge is 0.0242 e. The Labute approximate surface area is 77.4 Å². The van der Waals surface area contributed by atoms with Crippen molar-refractivity contribution in [1.29, 1.82) is 0 Å². The first kappa shape index (κ1) is 13.7. The molecule has 1 unspecified atom stereocenters. The Kier molecular flexibility index (Phi) is 15.8. The molecule has 0 heterocycles. The molecule has 0 saturated heterocycles. The quantitative estimate of drug-likeness (QED) is 0.575. The predicted molar refractivity (Wildman–Crippen MR) is 58.3 cm³/mol. The van der Waals surface area contributed by atoms with Gasteiger partial charge in [0, 0.05) is 0 Å². The number of unbranched alkanes of at least 4 members (excludes halogenated alkanes) is 1. The van der Waals surface area contributed by atoms with Crippen molar-refractivity contribution in [2.24, 2.45) is 5.92 Å².